The molecule has 3 heteroatoms. The highest BCUT2D eigenvalue weighted by atomic mass is 16.5. The molecule has 0 radical (unpaired) electrons. The summed E-state index contributed by atoms with van der Waals surface area (Å²) in [4.78, 5) is 12.3. The molecule has 0 saturated carbocycles. The third-order valence-electron chi connectivity index (χ3n) is 3.26. The number of nitrogens with one attached hydrogen (secondary N) is 1. The van der Waals surface area contributed by atoms with Gasteiger partial charge in [0.1, 0.15) is 5.75 Å². The average Bonchev–Trinajstić information content (AvgIpc) is 2.36. The van der Waals surface area contributed by atoms with E-state index in [1.165, 1.54) is 0 Å². The SMILES string of the molecule is CC(C)CC(C)C(=O)C1CNc2ccccc2O1. The number of hydrogen-bond acceptors (Lipinski definition) is 3. The molecule has 3 nitrogen and oxygen atoms in total. The van der Waals surface area contributed by atoms with Crippen molar-refractivity contribution in [3.8, 4) is 5.75 Å². The van der Waals surface area contributed by atoms with Crippen molar-refractivity contribution < 1.29 is 9.53 Å². The van der Waals surface area contributed by atoms with Crippen LogP contribution in [0.4, 0.5) is 5.69 Å². The van der Waals surface area contributed by atoms with Gasteiger partial charge in [0.2, 0.25) is 0 Å². The van der Waals surface area contributed by atoms with Crippen molar-refractivity contribution in [3.63, 3.8) is 0 Å². The van der Waals surface area contributed by atoms with Crippen LogP contribution in [-0.4, -0.2) is 18.4 Å². The van der Waals surface area contributed by atoms with Crippen molar-refractivity contribution in [1.29, 1.82) is 0 Å². The largest absolute Gasteiger partial charge is 0.479 e. The quantitative estimate of drug-likeness (QED) is 0.888. The number of rotatable bonds is 4. The Morgan fingerprint density at radius 3 is 2.83 bits per heavy atom. The van der Waals surface area contributed by atoms with E-state index in [4.69, 9.17) is 4.74 Å². The second-order valence-corrected chi connectivity index (χ2v) is 5.42. The van der Waals surface area contributed by atoms with Gasteiger partial charge >= 0.3 is 0 Å². The van der Waals surface area contributed by atoms with Crippen molar-refractivity contribution in [1.82, 2.24) is 0 Å². The Morgan fingerprint density at radius 2 is 2.11 bits per heavy atom. The van der Waals surface area contributed by atoms with E-state index in [0.717, 1.165) is 17.9 Å². The van der Waals surface area contributed by atoms with Crippen molar-refractivity contribution in [3.05, 3.63) is 24.3 Å². The summed E-state index contributed by atoms with van der Waals surface area (Å²) in [5, 5.41) is 3.26. The smallest absolute Gasteiger partial charge is 0.177 e. The van der Waals surface area contributed by atoms with E-state index in [0.29, 0.717) is 12.5 Å². The van der Waals surface area contributed by atoms with Crippen LogP contribution >= 0.6 is 0 Å². The molecule has 2 unspecified atom stereocenters. The van der Waals surface area contributed by atoms with Gasteiger partial charge in [-0.25, -0.2) is 0 Å². The number of anilines is 1. The summed E-state index contributed by atoms with van der Waals surface area (Å²) in [5.74, 6) is 1.57. The first-order chi connectivity index (χ1) is 8.58. The third kappa shape index (κ3) is 2.84. The summed E-state index contributed by atoms with van der Waals surface area (Å²) in [5.41, 5.74) is 0.970. The number of benzene rings is 1. The summed E-state index contributed by atoms with van der Waals surface area (Å²) in [6.45, 7) is 6.84. The van der Waals surface area contributed by atoms with E-state index in [9.17, 15) is 4.79 Å². The summed E-state index contributed by atoms with van der Waals surface area (Å²) in [6.07, 6.45) is 0.564. The Balaban J connectivity index is 2.02. The summed E-state index contributed by atoms with van der Waals surface area (Å²) >= 11 is 0. The first-order valence-corrected chi connectivity index (χ1v) is 6.61. The van der Waals surface area contributed by atoms with Gasteiger partial charge in [-0.1, -0.05) is 32.9 Å². The highest BCUT2D eigenvalue weighted by Gasteiger charge is 2.29. The average molecular weight is 247 g/mol. The van der Waals surface area contributed by atoms with Gasteiger partial charge in [-0.15, -0.1) is 0 Å². The zero-order valence-corrected chi connectivity index (χ0v) is 11.3. The van der Waals surface area contributed by atoms with Crippen LogP contribution in [0.3, 0.4) is 0 Å². The number of hydrogen-bond donors (Lipinski definition) is 1. The van der Waals surface area contributed by atoms with E-state index in [1.807, 2.05) is 31.2 Å². The lowest BCUT2D eigenvalue weighted by Crippen LogP contribution is -2.40. The molecule has 0 amide bonds. The van der Waals surface area contributed by atoms with Crippen LogP contribution in [-0.2, 0) is 4.79 Å². The Morgan fingerprint density at radius 1 is 1.39 bits per heavy atom. The molecule has 2 atom stereocenters. The summed E-state index contributed by atoms with van der Waals surface area (Å²) in [7, 11) is 0. The van der Waals surface area contributed by atoms with E-state index >= 15 is 0 Å². The van der Waals surface area contributed by atoms with Crippen molar-refractivity contribution >= 4 is 11.5 Å². The van der Waals surface area contributed by atoms with Gasteiger partial charge in [0.25, 0.3) is 0 Å². The molecule has 18 heavy (non-hydrogen) atoms. The molecule has 98 valence electrons. The molecule has 0 fully saturated rings. The molecule has 1 aliphatic rings. The standard InChI is InChI=1S/C15H21NO2/c1-10(2)8-11(3)15(17)14-9-16-12-6-4-5-7-13(12)18-14/h4-7,10-11,14,16H,8-9H2,1-3H3. The number of ketones is 1. The minimum Gasteiger partial charge on any atom is -0.479 e. The maximum Gasteiger partial charge on any atom is 0.177 e. The molecule has 1 heterocycles. The first kappa shape index (κ1) is 12.9. The molecule has 2 rings (SSSR count). The molecule has 0 saturated heterocycles. The Kier molecular flexibility index (Phi) is 3.90. The van der Waals surface area contributed by atoms with Gasteiger partial charge in [0, 0.05) is 5.92 Å². The number of fused-ring (bicyclic) bond motifs is 1. The molecule has 1 aromatic rings. The second kappa shape index (κ2) is 5.42. The molecule has 1 aromatic carbocycles. The molecule has 0 bridgehead atoms. The van der Waals surface area contributed by atoms with E-state index < -0.39 is 0 Å². The van der Waals surface area contributed by atoms with Gasteiger partial charge in [0.15, 0.2) is 11.9 Å². The molecule has 0 spiro atoms. The maximum absolute atomic E-state index is 12.3. The van der Waals surface area contributed by atoms with Gasteiger partial charge < -0.3 is 10.1 Å². The molecule has 1 aliphatic heterocycles. The Bertz CT molecular complexity index is 428. The van der Waals surface area contributed by atoms with Gasteiger partial charge in [-0.3, -0.25) is 4.79 Å². The van der Waals surface area contributed by atoms with Crippen molar-refractivity contribution in [2.45, 2.75) is 33.3 Å². The first-order valence-electron chi connectivity index (χ1n) is 6.61. The maximum atomic E-state index is 12.3. The topological polar surface area (TPSA) is 38.3 Å². The molecular weight excluding hydrogens is 226 g/mol. The van der Waals surface area contributed by atoms with Crippen LogP contribution in [0.5, 0.6) is 5.75 Å². The minimum atomic E-state index is -0.353. The van der Waals surface area contributed by atoms with Gasteiger partial charge in [0.05, 0.1) is 12.2 Å². The normalized spacial score (nSPS) is 19.7. The number of Topliss-reactive ketones (excluding diaryl/α,β-unsaturated/α-hetero) is 1. The molecule has 0 aliphatic carbocycles. The molecule has 1 N–H and O–H groups in total. The second-order valence-electron chi connectivity index (χ2n) is 5.42. The van der Waals surface area contributed by atoms with Crippen LogP contribution in [0.15, 0.2) is 24.3 Å². The fraction of sp³-hybridized carbons (Fsp3) is 0.533. The van der Waals surface area contributed by atoms with Crippen molar-refractivity contribution in [2.24, 2.45) is 11.8 Å². The minimum absolute atomic E-state index is 0.0575. The van der Waals surface area contributed by atoms with Gasteiger partial charge in [-0.05, 0) is 24.5 Å². The van der Waals surface area contributed by atoms with E-state index in [2.05, 4.69) is 19.2 Å². The molecule has 0 aromatic heterocycles. The van der Waals surface area contributed by atoms with Crippen LogP contribution in [0, 0.1) is 11.8 Å². The molecular formula is C15H21NO2. The summed E-state index contributed by atoms with van der Waals surface area (Å²) in [6, 6.07) is 7.74. The lowest BCUT2D eigenvalue weighted by Gasteiger charge is -2.28. The predicted octanol–water partition coefficient (Wildman–Crippen LogP) is 3.11. The number of ether oxygens (including phenoxy) is 1. The van der Waals surface area contributed by atoms with Crippen molar-refractivity contribution in [2.75, 3.05) is 11.9 Å². The Hall–Kier alpha value is -1.51. The summed E-state index contributed by atoms with van der Waals surface area (Å²) < 4.78 is 5.78. The number of para-hydroxylation sites is 2. The van der Waals surface area contributed by atoms with E-state index in [-0.39, 0.29) is 17.8 Å². The van der Waals surface area contributed by atoms with Crippen LogP contribution in [0.1, 0.15) is 27.2 Å². The third-order valence-corrected chi connectivity index (χ3v) is 3.26. The van der Waals surface area contributed by atoms with Gasteiger partial charge in [-0.2, -0.15) is 0 Å². The fourth-order valence-corrected chi connectivity index (χ4v) is 2.41. The van der Waals surface area contributed by atoms with E-state index in [1.54, 1.807) is 0 Å². The lowest BCUT2D eigenvalue weighted by atomic mass is 9.92. The number of carbonyl (C=O) groups excluding carboxylic acids is 1. The van der Waals surface area contributed by atoms with Crippen LogP contribution < -0.4 is 10.1 Å². The highest BCUT2D eigenvalue weighted by Crippen LogP contribution is 2.29. The lowest BCUT2D eigenvalue weighted by molar-refractivity contribution is -0.129. The zero-order valence-electron chi connectivity index (χ0n) is 11.3. The monoisotopic (exact) mass is 247 g/mol. The fourth-order valence-electron chi connectivity index (χ4n) is 2.41. The Labute approximate surface area is 109 Å². The van der Waals surface area contributed by atoms with Crippen LogP contribution in [0.2, 0.25) is 0 Å². The zero-order chi connectivity index (χ0) is 13.1. The highest BCUT2D eigenvalue weighted by molar-refractivity contribution is 5.87. The predicted molar refractivity (Wildman–Crippen MR) is 73.0 cm³/mol. The van der Waals surface area contributed by atoms with Crippen LogP contribution in [0.25, 0.3) is 0 Å². The number of carbonyl (C=O) groups is 1.